The quantitative estimate of drug-likeness (QED) is 0.874. The van der Waals surface area contributed by atoms with E-state index in [1.54, 1.807) is 6.92 Å². The molecule has 0 aliphatic carbocycles. The molecule has 0 radical (unpaired) electrons. The van der Waals surface area contributed by atoms with Crippen LogP contribution >= 0.6 is 0 Å². The number of hydrogen-bond acceptors (Lipinski definition) is 5. The second-order valence-electron chi connectivity index (χ2n) is 5.20. The van der Waals surface area contributed by atoms with Gasteiger partial charge in [-0.25, -0.2) is 13.1 Å². The summed E-state index contributed by atoms with van der Waals surface area (Å²) in [5, 5.41) is 8.87. The molecule has 6 nitrogen and oxygen atoms in total. The first-order chi connectivity index (χ1) is 9.92. The van der Waals surface area contributed by atoms with E-state index in [1.807, 2.05) is 13.1 Å². The van der Waals surface area contributed by atoms with E-state index >= 15 is 0 Å². The summed E-state index contributed by atoms with van der Waals surface area (Å²) in [7, 11) is -1.60. The smallest absolute Gasteiger partial charge is 0.240 e. The first kappa shape index (κ1) is 15.9. The maximum absolute atomic E-state index is 12.2. The predicted octanol–water partition coefficient (Wildman–Crippen LogP) is 0.476. The molecule has 1 aliphatic heterocycles. The van der Waals surface area contributed by atoms with Gasteiger partial charge in [-0.15, -0.1) is 0 Å². The maximum atomic E-state index is 12.2. The minimum Gasteiger partial charge on any atom is -0.374 e. The monoisotopic (exact) mass is 309 g/mol. The largest absolute Gasteiger partial charge is 0.374 e. The summed E-state index contributed by atoms with van der Waals surface area (Å²) in [5.74, 6) is 0. The van der Waals surface area contributed by atoms with E-state index in [2.05, 4.69) is 9.62 Å². The highest BCUT2D eigenvalue weighted by molar-refractivity contribution is 7.89. The minimum absolute atomic E-state index is 0.141. The number of benzene rings is 1. The fourth-order valence-corrected chi connectivity index (χ4v) is 3.36. The third kappa shape index (κ3) is 4.02. The Balaban J connectivity index is 2.05. The van der Waals surface area contributed by atoms with Crippen molar-refractivity contribution >= 4 is 10.0 Å². The second-order valence-corrected chi connectivity index (χ2v) is 6.96. The third-order valence-corrected chi connectivity index (χ3v) is 4.89. The number of nitriles is 1. The van der Waals surface area contributed by atoms with Crippen LogP contribution in [0.5, 0.6) is 0 Å². The van der Waals surface area contributed by atoms with Gasteiger partial charge in [0, 0.05) is 19.6 Å². The van der Waals surface area contributed by atoms with E-state index in [-0.39, 0.29) is 17.5 Å². The van der Waals surface area contributed by atoms with Crippen molar-refractivity contribution in [2.24, 2.45) is 0 Å². The van der Waals surface area contributed by atoms with Gasteiger partial charge in [-0.05, 0) is 37.7 Å². The molecule has 1 heterocycles. The molecule has 0 saturated carbocycles. The van der Waals surface area contributed by atoms with Crippen LogP contribution in [-0.2, 0) is 14.8 Å². The molecule has 0 aromatic heterocycles. The molecule has 0 bridgehead atoms. The summed E-state index contributed by atoms with van der Waals surface area (Å²) >= 11 is 0. The number of likely N-dealkylation sites (N-methyl/N-ethyl adjacent to an activating group) is 1. The fourth-order valence-electron chi connectivity index (χ4n) is 2.21. The van der Waals surface area contributed by atoms with Gasteiger partial charge in [0.25, 0.3) is 0 Å². The molecule has 21 heavy (non-hydrogen) atoms. The van der Waals surface area contributed by atoms with Crippen LogP contribution in [0.1, 0.15) is 11.1 Å². The topological polar surface area (TPSA) is 82.4 Å². The zero-order valence-corrected chi connectivity index (χ0v) is 13.0. The van der Waals surface area contributed by atoms with E-state index < -0.39 is 10.0 Å². The number of sulfonamides is 1. The van der Waals surface area contributed by atoms with Crippen molar-refractivity contribution in [3.05, 3.63) is 29.3 Å². The van der Waals surface area contributed by atoms with Gasteiger partial charge in [0.1, 0.15) is 0 Å². The maximum Gasteiger partial charge on any atom is 0.240 e. The van der Waals surface area contributed by atoms with Crippen LogP contribution in [0.3, 0.4) is 0 Å². The van der Waals surface area contributed by atoms with Crippen molar-refractivity contribution in [3.8, 4) is 6.07 Å². The van der Waals surface area contributed by atoms with Crippen molar-refractivity contribution in [2.75, 3.05) is 33.3 Å². The molecule has 1 atom stereocenters. The molecule has 1 aromatic rings. The Morgan fingerprint density at radius 2 is 2.29 bits per heavy atom. The van der Waals surface area contributed by atoms with Gasteiger partial charge in [0.15, 0.2) is 0 Å². The standard InChI is InChI=1S/C14H19N3O3S/c1-11-7-14(4-3-12(11)8-15)21(18,19)16-9-13-10-17(2)5-6-20-13/h3-4,7,13,16H,5-6,9-10H2,1-2H3. The Bertz CT molecular complexity index is 652. The van der Waals surface area contributed by atoms with Gasteiger partial charge in [-0.3, -0.25) is 0 Å². The molecule has 0 amide bonds. The number of nitrogens with one attached hydrogen (secondary N) is 1. The summed E-state index contributed by atoms with van der Waals surface area (Å²) in [4.78, 5) is 2.28. The van der Waals surface area contributed by atoms with E-state index in [9.17, 15) is 8.42 Å². The molecule has 7 heteroatoms. The molecular formula is C14H19N3O3S. The highest BCUT2D eigenvalue weighted by Gasteiger charge is 2.21. The van der Waals surface area contributed by atoms with E-state index in [1.165, 1.54) is 18.2 Å². The normalized spacial score (nSPS) is 20.1. The summed E-state index contributed by atoms with van der Waals surface area (Å²) < 4.78 is 32.6. The van der Waals surface area contributed by atoms with Gasteiger partial charge in [-0.2, -0.15) is 5.26 Å². The van der Waals surface area contributed by atoms with Gasteiger partial charge in [0.2, 0.25) is 10.0 Å². The SMILES string of the molecule is Cc1cc(S(=O)(=O)NCC2CN(C)CCO2)ccc1C#N. The lowest BCUT2D eigenvalue weighted by Gasteiger charge is -2.30. The van der Waals surface area contributed by atoms with Crippen LogP contribution < -0.4 is 4.72 Å². The van der Waals surface area contributed by atoms with Crippen LogP contribution in [0.4, 0.5) is 0 Å². The lowest BCUT2D eigenvalue weighted by molar-refractivity contribution is -0.0156. The Morgan fingerprint density at radius 1 is 1.52 bits per heavy atom. The lowest BCUT2D eigenvalue weighted by atomic mass is 10.1. The Labute approximate surface area is 125 Å². The van der Waals surface area contributed by atoms with Crippen LogP contribution in [0.25, 0.3) is 0 Å². The van der Waals surface area contributed by atoms with Crippen LogP contribution in [0, 0.1) is 18.3 Å². The van der Waals surface area contributed by atoms with Gasteiger partial charge in [0.05, 0.1) is 29.2 Å². The molecule has 114 valence electrons. The Morgan fingerprint density at radius 3 is 2.90 bits per heavy atom. The molecule has 1 aromatic carbocycles. The summed E-state index contributed by atoms with van der Waals surface area (Å²) in [6.45, 7) is 4.13. The minimum atomic E-state index is -3.58. The van der Waals surface area contributed by atoms with Crippen molar-refractivity contribution < 1.29 is 13.2 Å². The number of nitrogens with zero attached hydrogens (tertiary/aromatic N) is 2. The van der Waals surface area contributed by atoms with Crippen molar-refractivity contribution in [1.29, 1.82) is 5.26 Å². The molecule has 1 unspecified atom stereocenters. The lowest BCUT2D eigenvalue weighted by Crippen LogP contribution is -2.45. The summed E-state index contributed by atoms with van der Waals surface area (Å²) in [5.41, 5.74) is 1.13. The van der Waals surface area contributed by atoms with E-state index in [4.69, 9.17) is 10.00 Å². The van der Waals surface area contributed by atoms with Crippen molar-refractivity contribution in [2.45, 2.75) is 17.9 Å². The fraction of sp³-hybridized carbons (Fsp3) is 0.500. The van der Waals surface area contributed by atoms with Gasteiger partial charge in [-0.1, -0.05) is 0 Å². The zero-order valence-electron chi connectivity index (χ0n) is 12.2. The number of aryl methyl sites for hydroxylation is 1. The van der Waals surface area contributed by atoms with Crippen LogP contribution in [0.15, 0.2) is 23.1 Å². The van der Waals surface area contributed by atoms with Crippen molar-refractivity contribution in [1.82, 2.24) is 9.62 Å². The predicted molar refractivity (Wildman–Crippen MR) is 78.3 cm³/mol. The van der Waals surface area contributed by atoms with Crippen molar-refractivity contribution in [3.63, 3.8) is 0 Å². The van der Waals surface area contributed by atoms with Gasteiger partial charge < -0.3 is 9.64 Å². The van der Waals surface area contributed by atoms with Gasteiger partial charge >= 0.3 is 0 Å². The van der Waals surface area contributed by atoms with E-state index in [0.717, 1.165) is 6.54 Å². The second kappa shape index (κ2) is 6.54. The molecule has 1 saturated heterocycles. The molecule has 0 spiro atoms. The average Bonchev–Trinajstić information content (AvgIpc) is 2.45. The van der Waals surface area contributed by atoms with Crippen LogP contribution in [0.2, 0.25) is 0 Å². The molecule has 1 N–H and O–H groups in total. The highest BCUT2D eigenvalue weighted by Crippen LogP contribution is 2.15. The number of rotatable bonds is 4. The first-order valence-corrected chi connectivity index (χ1v) is 8.21. The molecule has 2 rings (SSSR count). The molecular weight excluding hydrogens is 290 g/mol. The average molecular weight is 309 g/mol. The first-order valence-electron chi connectivity index (χ1n) is 6.73. The Hall–Kier alpha value is -1.46. The third-order valence-electron chi connectivity index (χ3n) is 3.47. The summed E-state index contributed by atoms with van der Waals surface area (Å²) in [6.07, 6.45) is -0.141. The number of hydrogen-bond donors (Lipinski definition) is 1. The Kier molecular flexibility index (Phi) is 4.96. The number of morpholine rings is 1. The number of ether oxygens (including phenoxy) is 1. The zero-order chi connectivity index (χ0) is 15.5. The summed E-state index contributed by atoms with van der Waals surface area (Å²) in [6, 6.07) is 6.50. The highest BCUT2D eigenvalue weighted by atomic mass is 32.2. The molecule has 1 aliphatic rings. The van der Waals surface area contributed by atoms with Crippen LogP contribution in [-0.4, -0.2) is 52.7 Å². The molecule has 1 fully saturated rings. The van der Waals surface area contributed by atoms with E-state index in [0.29, 0.717) is 24.3 Å².